The van der Waals surface area contributed by atoms with Gasteiger partial charge in [-0.25, -0.2) is 9.59 Å². The van der Waals surface area contributed by atoms with Gasteiger partial charge in [0.2, 0.25) is 0 Å². The molecule has 18 heavy (non-hydrogen) atoms. The van der Waals surface area contributed by atoms with E-state index in [-0.39, 0.29) is 18.6 Å². The minimum absolute atomic E-state index is 0.0692. The fourth-order valence-corrected chi connectivity index (χ4v) is 1.83. The van der Waals surface area contributed by atoms with Crippen LogP contribution < -0.4 is 10.6 Å². The molecule has 0 saturated heterocycles. The molecular weight excluding hydrogens is 236 g/mol. The standard InChI is InChI=1S/C12H20N2O4/c1-3-5-10(11(15)16)14-12(17)13-8-6-9(7-8)18-4-2/h3,8-10H,1,4-7H2,2H3,(H,15,16)(H2,13,14,17). The summed E-state index contributed by atoms with van der Waals surface area (Å²) in [5, 5.41) is 14.0. The van der Waals surface area contributed by atoms with E-state index in [9.17, 15) is 9.59 Å². The number of aliphatic carboxylic acids is 1. The van der Waals surface area contributed by atoms with Crippen LogP contribution in [-0.2, 0) is 9.53 Å². The van der Waals surface area contributed by atoms with Gasteiger partial charge in [-0.15, -0.1) is 6.58 Å². The Morgan fingerprint density at radius 2 is 2.22 bits per heavy atom. The van der Waals surface area contributed by atoms with Crippen molar-refractivity contribution in [2.75, 3.05) is 6.61 Å². The molecule has 3 N–H and O–H groups in total. The van der Waals surface area contributed by atoms with Crippen LogP contribution in [0.3, 0.4) is 0 Å². The van der Waals surface area contributed by atoms with E-state index in [0.29, 0.717) is 6.61 Å². The van der Waals surface area contributed by atoms with Gasteiger partial charge in [-0.2, -0.15) is 0 Å². The fourth-order valence-electron chi connectivity index (χ4n) is 1.83. The first-order valence-corrected chi connectivity index (χ1v) is 6.09. The molecule has 1 fully saturated rings. The molecule has 0 aromatic carbocycles. The number of nitrogens with one attached hydrogen (secondary N) is 2. The molecule has 1 atom stereocenters. The Kier molecular flexibility index (Phi) is 5.64. The molecule has 1 rings (SSSR count). The zero-order valence-corrected chi connectivity index (χ0v) is 10.5. The highest BCUT2D eigenvalue weighted by molar-refractivity contribution is 5.82. The summed E-state index contributed by atoms with van der Waals surface area (Å²) in [4.78, 5) is 22.4. The third kappa shape index (κ3) is 4.37. The van der Waals surface area contributed by atoms with E-state index in [4.69, 9.17) is 9.84 Å². The highest BCUT2D eigenvalue weighted by Gasteiger charge is 2.31. The Balaban J connectivity index is 2.25. The molecule has 0 bridgehead atoms. The lowest BCUT2D eigenvalue weighted by Crippen LogP contribution is -2.53. The SMILES string of the molecule is C=CCC(NC(=O)NC1CC(OCC)C1)C(=O)O. The Morgan fingerprint density at radius 1 is 1.56 bits per heavy atom. The van der Waals surface area contributed by atoms with Crippen LogP contribution in [0.4, 0.5) is 4.79 Å². The predicted octanol–water partition coefficient (Wildman–Crippen LogP) is 0.882. The smallest absolute Gasteiger partial charge is 0.326 e. The van der Waals surface area contributed by atoms with Gasteiger partial charge in [-0.3, -0.25) is 0 Å². The molecule has 0 aliphatic heterocycles. The summed E-state index contributed by atoms with van der Waals surface area (Å²) in [5.74, 6) is -1.06. The third-order valence-corrected chi connectivity index (χ3v) is 2.84. The molecule has 1 saturated carbocycles. The van der Waals surface area contributed by atoms with Crippen LogP contribution in [0.5, 0.6) is 0 Å². The summed E-state index contributed by atoms with van der Waals surface area (Å²) in [5.41, 5.74) is 0. The van der Waals surface area contributed by atoms with Crippen molar-refractivity contribution in [3.8, 4) is 0 Å². The van der Waals surface area contributed by atoms with E-state index in [0.717, 1.165) is 12.8 Å². The van der Waals surface area contributed by atoms with Crippen LogP contribution >= 0.6 is 0 Å². The molecule has 2 amide bonds. The zero-order valence-electron chi connectivity index (χ0n) is 10.5. The maximum absolute atomic E-state index is 11.5. The van der Waals surface area contributed by atoms with E-state index >= 15 is 0 Å². The van der Waals surface area contributed by atoms with Crippen molar-refractivity contribution in [1.29, 1.82) is 0 Å². The number of carbonyl (C=O) groups excluding carboxylic acids is 1. The molecule has 1 unspecified atom stereocenters. The fraction of sp³-hybridized carbons (Fsp3) is 0.667. The van der Waals surface area contributed by atoms with Crippen LogP contribution in [0.2, 0.25) is 0 Å². The largest absolute Gasteiger partial charge is 0.480 e. The van der Waals surface area contributed by atoms with Gasteiger partial charge in [0.05, 0.1) is 6.10 Å². The van der Waals surface area contributed by atoms with Crippen LogP contribution in [0.1, 0.15) is 26.2 Å². The van der Waals surface area contributed by atoms with Crippen LogP contribution in [-0.4, -0.2) is 41.9 Å². The number of urea groups is 1. The van der Waals surface area contributed by atoms with Gasteiger partial charge in [0, 0.05) is 12.6 Å². The first-order chi connectivity index (χ1) is 8.56. The lowest BCUT2D eigenvalue weighted by molar-refractivity contribution is -0.139. The van der Waals surface area contributed by atoms with Crippen LogP contribution in [0.15, 0.2) is 12.7 Å². The second kappa shape index (κ2) is 7.00. The predicted molar refractivity (Wildman–Crippen MR) is 66.3 cm³/mol. The third-order valence-electron chi connectivity index (χ3n) is 2.84. The number of carbonyl (C=O) groups is 2. The highest BCUT2D eigenvalue weighted by atomic mass is 16.5. The summed E-state index contributed by atoms with van der Waals surface area (Å²) in [6, 6.07) is -1.31. The van der Waals surface area contributed by atoms with Gasteiger partial charge in [0.15, 0.2) is 0 Å². The monoisotopic (exact) mass is 256 g/mol. The molecule has 0 aromatic heterocycles. The number of ether oxygens (including phenoxy) is 1. The number of rotatable bonds is 7. The van der Waals surface area contributed by atoms with E-state index in [1.165, 1.54) is 6.08 Å². The Hall–Kier alpha value is -1.56. The molecule has 6 nitrogen and oxygen atoms in total. The molecule has 1 aliphatic carbocycles. The Labute approximate surface area is 106 Å². The van der Waals surface area contributed by atoms with Crippen molar-refractivity contribution < 1.29 is 19.4 Å². The summed E-state index contributed by atoms with van der Waals surface area (Å²) in [6.45, 7) is 6.06. The van der Waals surface area contributed by atoms with Crippen molar-refractivity contribution in [1.82, 2.24) is 10.6 Å². The van der Waals surface area contributed by atoms with E-state index < -0.39 is 18.0 Å². The average Bonchev–Trinajstić information content (AvgIpc) is 2.25. The molecule has 6 heteroatoms. The maximum atomic E-state index is 11.5. The van der Waals surface area contributed by atoms with Gasteiger partial charge >= 0.3 is 12.0 Å². The van der Waals surface area contributed by atoms with Gasteiger partial charge in [0.25, 0.3) is 0 Å². The summed E-state index contributed by atoms with van der Waals surface area (Å²) >= 11 is 0. The van der Waals surface area contributed by atoms with Crippen molar-refractivity contribution in [3.05, 3.63) is 12.7 Å². The molecule has 0 radical (unpaired) electrons. The van der Waals surface area contributed by atoms with Gasteiger partial charge in [-0.05, 0) is 26.2 Å². The quantitative estimate of drug-likeness (QED) is 0.590. The molecule has 0 heterocycles. The maximum Gasteiger partial charge on any atom is 0.326 e. The Bertz CT molecular complexity index is 313. The number of carboxylic acid groups (broad SMARTS) is 1. The molecule has 0 aromatic rings. The van der Waals surface area contributed by atoms with Gasteiger partial charge < -0.3 is 20.5 Å². The topological polar surface area (TPSA) is 87.7 Å². The number of hydrogen-bond donors (Lipinski definition) is 3. The van der Waals surface area contributed by atoms with Crippen molar-refractivity contribution in [2.24, 2.45) is 0 Å². The average molecular weight is 256 g/mol. The zero-order chi connectivity index (χ0) is 13.5. The lowest BCUT2D eigenvalue weighted by Gasteiger charge is -2.35. The summed E-state index contributed by atoms with van der Waals surface area (Å²) in [7, 11) is 0. The van der Waals surface area contributed by atoms with Gasteiger partial charge in [-0.1, -0.05) is 6.08 Å². The molecular formula is C12H20N2O4. The number of hydrogen-bond acceptors (Lipinski definition) is 3. The first-order valence-electron chi connectivity index (χ1n) is 6.09. The van der Waals surface area contributed by atoms with E-state index in [1.807, 2.05) is 6.92 Å². The second-order valence-corrected chi connectivity index (χ2v) is 4.28. The van der Waals surface area contributed by atoms with Crippen LogP contribution in [0, 0.1) is 0 Å². The summed E-state index contributed by atoms with van der Waals surface area (Å²) in [6.07, 6.45) is 3.44. The molecule has 1 aliphatic rings. The highest BCUT2D eigenvalue weighted by Crippen LogP contribution is 2.22. The van der Waals surface area contributed by atoms with Crippen molar-refractivity contribution in [3.63, 3.8) is 0 Å². The van der Waals surface area contributed by atoms with E-state index in [1.54, 1.807) is 0 Å². The molecule has 102 valence electrons. The summed E-state index contributed by atoms with van der Waals surface area (Å²) < 4.78 is 5.37. The Morgan fingerprint density at radius 3 is 2.72 bits per heavy atom. The first kappa shape index (κ1) is 14.5. The second-order valence-electron chi connectivity index (χ2n) is 4.28. The molecule has 0 spiro atoms. The van der Waals surface area contributed by atoms with Gasteiger partial charge in [0.1, 0.15) is 6.04 Å². The van der Waals surface area contributed by atoms with E-state index in [2.05, 4.69) is 17.2 Å². The lowest BCUT2D eigenvalue weighted by atomic mass is 9.89. The van der Waals surface area contributed by atoms with Crippen molar-refractivity contribution in [2.45, 2.75) is 44.4 Å². The number of amides is 2. The van der Waals surface area contributed by atoms with Crippen LogP contribution in [0.25, 0.3) is 0 Å². The number of carboxylic acids is 1. The minimum Gasteiger partial charge on any atom is -0.480 e. The normalized spacial score (nSPS) is 23.6. The van der Waals surface area contributed by atoms with Crippen molar-refractivity contribution >= 4 is 12.0 Å². The minimum atomic E-state index is -1.06.